The summed E-state index contributed by atoms with van der Waals surface area (Å²) in [5.74, 6) is -1.03. The average Bonchev–Trinajstić information content (AvgIpc) is 2.29. The average molecular weight is 233 g/mol. The van der Waals surface area contributed by atoms with E-state index in [0.29, 0.717) is 12.1 Å². The number of hydrogen-bond acceptors (Lipinski definition) is 3. The van der Waals surface area contributed by atoms with Gasteiger partial charge in [-0.2, -0.15) is 0 Å². The van der Waals surface area contributed by atoms with Crippen molar-refractivity contribution in [3.8, 4) is 0 Å². The van der Waals surface area contributed by atoms with Crippen LogP contribution in [0, 0.1) is 0 Å². The third-order valence-corrected chi connectivity index (χ3v) is 2.32. The number of imide groups is 1. The smallest absolute Gasteiger partial charge is 0.241 e. The fourth-order valence-electron chi connectivity index (χ4n) is 1.45. The van der Waals surface area contributed by atoms with Crippen LogP contribution in [-0.4, -0.2) is 17.6 Å². The number of para-hydroxylation sites is 1. The molecule has 0 aliphatic carbocycles. The van der Waals surface area contributed by atoms with E-state index in [0.717, 1.165) is 4.90 Å². The molecule has 2 amide bonds. The molecular weight excluding hydrogens is 218 g/mol. The Morgan fingerprint density at radius 1 is 1.12 bits per heavy atom. The summed E-state index contributed by atoms with van der Waals surface area (Å²) in [6, 6.07) is 8.59. The van der Waals surface area contributed by atoms with Crippen molar-refractivity contribution >= 4 is 23.3 Å². The topological polar surface area (TPSA) is 54.5 Å². The minimum absolute atomic E-state index is 0.169. The lowest BCUT2D eigenvalue weighted by Crippen LogP contribution is -2.36. The molecule has 0 fully saturated rings. The van der Waals surface area contributed by atoms with E-state index in [2.05, 4.69) is 0 Å². The van der Waals surface area contributed by atoms with Crippen LogP contribution in [0.15, 0.2) is 30.3 Å². The molecule has 0 radical (unpaired) electrons. The molecule has 0 spiro atoms. The van der Waals surface area contributed by atoms with E-state index in [4.69, 9.17) is 0 Å². The van der Waals surface area contributed by atoms with Gasteiger partial charge in [0.15, 0.2) is 0 Å². The lowest BCUT2D eigenvalue weighted by atomic mass is 10.2. The van der Waals surface area contributed by atoms with Gasteiger partial charge in [-0.1, -0.05) is 25.1 Å². The van der Waals surface area contributed by atoms with Gasteiger partial charge in [-0.15, -0.1) is 0 Å². The highest BCUT2D eigenvalue weighted by Crippen LogP contribution is 2.15. The summed E-state index contributed by atoms with van der Waals surface area (Å²) in [7, 11) is 0. The molecule has 0 atom stereocenters. The number of carbonyl (C=O) groups is 3. The van der Waals surface area contributed by atoms with E-state index in [1.807, 2.05) is 0 Å². The Hall–Kier alpha value is -1.97. The van der Waals surface area contributed by atoms with Crippen LogP contribution >= 0.6 is 0 Å². The molecule has 0 N–H and O–H groups in total. The minimum Gasteiger partial charge on any atom is -0.299 e. The molecule has 0 aliphatic heterocycles. The van der Waals surface area contributed by atoms with Crippen LogP contribution in [0.1, 0.15) is 26.7 Å². The Balaban J connectivity index is 2.91. The molecule has 4 nitrogen and oxygen atoms in total. The van der Waals surface area contributed by atoms with Crippen molar-refractivity contribution in [3.05, 3.63) is 30.3 Å². The molecule has 0 aliphatic rings. The third-order valence-electron chi connectivity index (χ3n) is 2.32. The monoisotopic (exact) mass is 233 g/mol. The van der Waals surface area contributed by atoms with Gasteiger partial charge in [-0.3, -0.25) is 19.3 Å². The Morgan fingerprint density at radius 2 is 1.71 bits per heavy atom. The summed E-state index contributed by atoms with van der Waals surface area (Å²) in [5.41, 5.74) is 0.494. The number of anilines is 1. The normalized spacial score (nSPS) is 9.76. The second-order valence-electron chi connectivity index (χ2n) is 3.65. The summed E-state index contributed by atoms with van der Waals surface area (Å²) in [6.45, 7) is 3.00. The first-order chi connectivity index (χ1) is 8.06. The first-order valence-corrected chi connectivity index (χ1v) is 5.46. The van der Waals surface area contributed by atoms with Crippen molar-refractivity contribution in [1.29, 1.82) is 0 Å². The maximum atomic E-state index is 11.8. The van der Waals surface area contributed by atoms with Crippen LogP contribution < -0.4 is 4.90 Å². The zero-order chi connectivity index (χ0) is 12.8. The number of hydrogen-bond donors (Lipinski definition) is 0. The minimum atomic E-state index is -0.476. The molecule has 1 rings (SSSR count). The number of Topliss-reactive ketones (excluding diaryl/α,β-unsaturated/α-hetero) is 1. The summed E-state index contributed by atoms with van der Waals surface area (Å²) >= 11 is 0. The highest BCUT2D eigenvalue weighted by molar-refractivity contribution is 6.18. The fourth-order valence-corrected chi connectivity index (χ4v) is 1.45. The molecule has 0 heterocycles. The predicted molar refractivity (Wildman–Crippen MR) is 64.5 cm³/mol. The van der Waals surface area contributed by atoms with Gasteiger partial charge < -0.3 is 0 Å². The number of carbonyl (C=O) groups excluding carboxylic acids is 3. The summed E-state index contributed by atoms with van der Waals surface area (Å²) in [4.78, 5) is 35.5. The fraction of sp³-hybridized carbons (Fsp3) is 0.308. The van der Waals surface area contributed by atoms with Crippen molar-refractivity contribution in [2.45, 2.75) is 26.7 Å². The van der Waals surface area contributed by atoms with Crippen LogP contribution in [0.2, 0.25) is 0 Å². The standard InChI is InChI=1S/C13H15NO3/c1-3-12(16)9-13(17)14(10(2)15)11-7-5-4-6-8-11/h4-8H,3,9H2,1-2H3. The largest absolute Gasteiger partial charge is 0.299 e. The zero-order valence-electron chi connectivity index (χ0n) is 9.97. The van der Waals surface area contributed by atoms with Crippen LogP contribution in [0.25, 0.3) is 0 Å². The summed E-state index contributed by atoms with van der Waals surface area (Å²) in [6.07, 6.45) is 0.0667. The van der Waals surface area contributed by atoms with E-state index in [9.17, 15) is 14.4 Å². The lowest BCUT2D eigenvalue weighted by molar-refractivity contribution is -0.129. The second kappa shape index (κ2) is 5.94. The zero-order valence-corrected chi connectivity index (χ0v) is 9.97. The summed E-state index contributed by atoms with van der Waals surface area (Å²) < 4.78 is 0. The van der Waals surface area contributed by atoms with Gasteiger partial charge in [0.25, 0.3) is 0 Å². The van der Waals surface area contributed by atoms with E-state index in [-0.39, 0.29) is 18.1 Å². The molecule has 0 unspecified atom stereocenters. The third kappa shape index (κ3) is 3.52. The molecule has 0 saturated carbocycles. The van der Waals surface area contributed by atoms with Crippen molar-refractivity contribution in [1.82, 2.24) is 0 Å². The van der Waals surface area contributed by atoms with Gasteiger partial charge in [0.05, 0.1) is 12.1 Å². The van der Waals surface area contributed by atoms with E-state index in [1.54, 1.807) is 37.3 Å². The molecule has 1 aromatic carbocycles. The van der Waals surface area contributed by atoms with Gasteiger partial charge in [-0.25, -0.2) is 0 Å². The highest BCUT2D eigenvalue weighted by atomic mass is 16.2. The molecule has 1 aromatic rings. The number of nitrogens with zero attached hydrogens (tertiary/aromatic N) is 1. The van der Waals surface area contributed by atoms with Crippen molar-refractivity contribution < 1.29 is 14.4 Å². The Kier molecular flexibility index (Phi) is 4.57. The van der Waals surface area contributed by atoms with Crippen LogP contribution in [0.4, 0.5) is 5.69 Å². The first-order valence-electron chi connectivity index (χ1n) is 5.46. The van der Waals surface area contributed by atoms with E-state index < -0.39 is 5.91 Å². The SMILES string of the molecule is CCC(=O)CC(=O)N(C(C)=O)c1ccccc1. The van der Waals surface area contributed by atoms with Crippen LogP contribution in [0.3, 0.4) is 0 Å². The molecule has 0 saturated heterocycles. The quantitative estimate of drug-likeness (QED) is 0.747. The van der Waals surface area contributed by atoms with Crippen molar-refractivity contribution in [2.24, 2.45) is 0 Å². The number of rotatable bonds is 4. The number of ketones is 1. The maximum Gasteiger partial charge on any atom is 0.241 e. The van der Waals surface area contributed by atoms with Gasteiger partial charge in [0, 0.05) is 13.3 Å². The molecule has 0 aromatic heterocycles. The molecule has 0 bridgehead atoms. The number of benzene rings is 1. The highest BCUT2D eigenvalue weighted by Gasteiger charge is 2.21. The maximum absolute atomic E-state index is 11.8. The molecule has 17 heavy (non-hydrogen) atoms. The molecule has 90 valence electrons. The van der Waals surface area contributed by atoms with Gasteiger partial charge in [0.1, 0.15) is 5.78 Å². The summed E-state index contributed by atoms with van der Waals surface area (Å²) in [5, 5.41) is 0. The van der Waals surface area contributed by atoms with Crippen LogP contribution in [0.5, 0.6) is 0 Å². The van der Waals surface area contributed by atoms with Gasteiger partial charge >= 0.3 is 0 Å². The Bertz CT molecular complexity index is 426. The van der Waals surface area contributed by atoms with Crippen molar-refractivity contribution in [3.63, 3.8) is 0 Å². The first kappa shape index (κ1) is 13.1. The van der Waals surface area contributed by atoms with Gasteiger partial charge in [-0.05, 0) is 12.1 Å². The molecular formula is C13H15NO3. The van der Waals surface area contributed by atoms with E-state index >= 15 is 0 Å². The second-order valence-corrected chi connectivity index (χ2v) is 3.65. The van der Waals surface area contributed by atoms with Crippen LogP contribution in [-0.2, 0) is 14.4 Å². The molecule has 4 heteroatoms. The van der Waals surface area contributed by atoms with Gasteiger partial charge in [0.2, 0.25) is 11.8 Å². The lowest BCUT2D eigenvalue weighted by Gasteiger charge is -2.18. The van der Waals surface area contributed by atoms with E-state index in [1.165, 1.54) is 6.92 Å². The number of amides is 2. The van der Waals surface area contributed by atoms with Crippen molar-refractivity contribution in [2.75, 3.05) is 4.90 Å². The Morgan fingerprint density at radius 3 is 2.18 bits per heavy atom. The predicted octanol–water partition coefficient (Wildman–Crippen LogP) is 1.94. The Labute approximate surface area is 100 Å².